The second kappa shape index (κ2) is 8.13. The molecule has 0 fully saturated rings. The zero-order chi connectivity index (χ0) is 20.3. The summed E-state index contributed by atoms with van der Waals surface area (Å²) in [6.45, 7) is 0. The molecule has 0 saturated carbocycles. The average molecular weight is 451 g/mol. The van der Waals surface area contributed by atoms with Gasteiger partial charge in [0.1, 0.15) is 0 Å². The van der Waals surface area contributed by atoms with Crippen LogP contribution >= 0.6 is 15.9 Å². The zero-order valence-corrected chi connectivity index (χ0v) is 17.8. The molecule has 3 heteroatoms. The lowest BCUT2D eigenvalue weighted by molar-refractivity contribution is 1.23. The smallest absolute Gasteiger partial charge is 0.0651 e. The Kier molecular flexibility index (Phi) is 5.04. The summed E-state index contributed by atoms with van der Waals surface area (Å²) in [6.07, 6.45) is 3.84. The maximum Gasteiger partial charge on any atom is 0.0651 e. The number of nitrogens with zero attached hydrogens (tertiary/aromatic N) is 2. The number of aromatic nitrogens is 1. The van der Waals surface area contributed by atoms with Crippen LogP contribution in [0.1, 0.15) is 0 Å². The van der Waals surface area contributed by atoms with Crippen molar-refractivity contribution < 1.29 is 0 Å². The number of fused-ring (bicyclic) bond motifs is 1. The fourth-order valence-electron chi connectivity index (χ4n) is 3.69. The molecule has 0 aliphatic heterocycles. The van der Waals surface area contributed by atoms with Crippen LogP contribution in [0.2, 0.25) is 0 Å². The largest absolute Gasteiger partial charge is 0.309 e. The second-order valence-electron chi connectivity index (χ2n) is 7.14. The molecule has 0 spiro atoms. The van der Waals surface area contributed by atoms with E-state index >= 15 is 0 Å². The lowest BCUT2D eigenvalue weighted by atomic mass is 10.1. The van der Waals surface area contributed by atoms with Gasteiger partial charge < -0.3 is 4.90 Å². The van der Waals surface area contributed by atoms with Gasteiger partial charge in [0, 0.05) is 27.6 Å². The maximum atomic E-state index is 4.56. The van der Waals surface area contributed by atoms with E-state index in [4.69, 9.17) is 0 Å². The van der Waals surface area contributed by atoms with Gasteiger partial charge in [-0.25, -0.2) is 0 Å². The van der Waals surface area contributed by atoms with Crippen LogP contribution < -0.4 is 4.90 Å². The Balaban J connectivity index is 1.67. The van der Waals surface area contributed by atoms with E-state index in [1.165, 1.54) is 10.8 Å². The normalized spacial score (nSPS) is 10.8. The Bertz CT molecular complexity index is 1300. The van der Waals surface area contributed by atoms with Gasteiger partial charge in [0.2, 0.25) is 0 Å². The molecule has 144 valence electrons. The van der Waals surface area contributed by atoms with Crippen LogP contribution in [0.3, 0.4) is 0 Å². The minimum Gasteiger partial charge on any atom is -0.309 e. The summed E-state index contributed by atoms with van der Waals surface area (Å²) in [5.74, 6) is 0. The number of hydrogen-bond donors (Lipinski definition) is 0. The minimum absolute atomic E-state index is 1.02. The molecule has 0 amide bonds. The molecule has 5 aromatic rings. The summed E-state index contributed by atoms with van der Waals surface area (Å²) < 4.78 is 1.06. The molecule has 0 radical (unpaired) electrons. The third-order valence-electron chi connectivity index (χ3n) is 5.17. The van der Waals surface area contributed by atoms with E-state index in [0.717, 1.165) is 32.7 Å². The summed E-state index contributed by atoms with van der Waals surface area (Å²) in [7, 11) is 0. The van der Waals surface area contributed by atoms with Gasteiger partial charge in [-0.15, -0.1) is 0 Å². The van der Waals surface area contributed by atoms with Gasteiger partial charge in [0.15, 0.2) is 0 Å². The van der Waals surface area contributed by atoms with E-state index in [9.17, 15) is 0 Å². The Morgan fingerprint density at radius 2 is 1.23 bits per heavy atom. The van der Waals surface area contributed by atoms with E-state index in [0.29, 0.717) is 0 Å². The van der Waals surface area contributed by atoms with Crippen molar-refractivity contribution >= 4 is 43.8 Å². The van der Waals surface area contributed by atoms with Crippen LogP contribution in [0, 0.1) is 0 Å². The van der Waals surface area contributed by atoms with Crippen molar-refractivity contribution in [2.75, 3.05) is 4.90 Å². The topological polar surface area (TPSA) is 16.1 Å². The quantitative estimate of drug-likeness (QED) is 0.274. The molecular formula is C27H19BrN2. The fraction of sp³-hybridized carbons (Fsp3) is 0. The summed E-state index contributed by atoms with van der Waals surface area (Å²) in [5.41, 5.74) is 5.45. The third-order valence-corrected chi connectivity index (χ3v) is 5.69. The lowest BCUT2D eigenvalue weighted by Crippen LogP contribution is -2.10. The SMILES string of the molecule is Brc1ccc(N(c2cncc(-c3ccccc3)c2)c2ccc3ccccc3c2)cc1. The van der Waals surface area contributed by atoms with Crippen LogP contribution in [0.15, 0.2) is 120 Å². The molecule has 2 nitrogen and oxygen atoms in total. The molecular weight excluding hydrogens is 432 g/mol. The van der Waals surface area contributed by atoms with Gasteiger partial charge in [0.05, 0.1) is 11.9 Å². The maximum absolute atomic E-state index is 4.56. The number of hydrogen-bond acceptors (Lipinski definition) is 2. The molecule has 0 aliphatic carbocycles. The van der Waals surface area contributed by atoms with Crippen LogP contribution in [-0.2, 0) is 0 Å². The van der Waals surface area contributed by atoms with Gasteiger partial charge in [-0.1, -0.05) is 76.6 Å². The number of rotatable bonds is 4. The van der Waals surface area contributed by atoms with Crippen molar-refractivity contribution in [3.05, 3.63) is 120 Å². The van der Waals surface area contributed by atoms with Gasteiger partial charge in [-0.2, -0.15) is 0 Å². The molecule has 0 N–H and O–H groups in total. The minimum atomic E-state index is 1.02. The van der Waals surface area contributed by atoms with Crippen LogP contribution in [-0.4, -0.2) is 4.98 Å². The monoisotopic (exact) mass is 450 g/mol. The molecule has 1 heterocycles. The highest BCUT2D eigenvalue weighted by Crippen LogP contribution is 2.37. The molecule has 30 heavy (non-hydrogen) atoms. The highest BCUT2D eigenvalue weighted by molar-refractivity contribution is 9.10. The molecule has 0 saturated heterocycles. The van der Waals surface area contributed by atoms with E-state index in [1.54, 1.807) is 0 Å². The van der Waals surface area contributed by atoms with E-state index in [1.807, 2.05) is 18.5 Å². The molecule has 4 aromatic carbocycles. The van der Waals surface area contributed by atoms with Crippen LogP contribution in [0.4, 0.5) is 17.1 Å². The number of halogens is 1. The van der Waals surface area contributed by atoms with Crippen molar-refractivity contribution in [3.8, 4) is 11.1 Å². The van der Waals surface area contributed by atoms with Crippen molar-refractivity contribution in [1.29, 1.82) is 0 Å². The molecule has 0 bridgehead atoms. The number of pyridine rings is 1. The van der Waals surface area contributed by atoms with Crippen LogP contribution in [0.25, 0.3) is 21.9 Å². The van der Waals surface area contributed by atoms with Gasteiger partial charge in [0.25, 0.3) is 0 Å². The molecule has 0 aliphatic rings. The summed E-state index contributed by atoms with van der Waals surface area (Å²) in [4.78, 5) is 6.81. The first-order valence-corrected chi connectivity index (χ1v) is 10.6. The Labute approximate surface area is 184 Å². The Morgan fingerprint density at radius 1 is 0.533 bits per heavy atom. The molecule has 0 unspecified atom stereocenters. The highest BCUT2D eigenvalue weighted by Gasteiger charge is 2.14. The molecule has 0 atom stereocenters. The van der Waals surface area contributed by atoms with Gasteiger partial charge in [-0.3, -0.25) is 4.98 Å². The predicted molar refractivity (Wildman–Crippen MR) is 130 cm³/mol. The first kappa shape index (κ1) is 18.6. The Hall–Kier alpha value is -3.43. The first-order valence-electron chi connectivity index (χ1n) is 9.83. The second-order valence-corrected chi connectivity index (χ2v) is 8.06. The standard InChI is InChI=1S/C27H19BrN2/c28-24-11-14-25(15-12-24)30(26-13-10-21-8-4-5-9-22(21)16-26)27-17-23(18-29-19-27)20-6-2-1-3-7-20/h1-19H. The average Bonchev–Trinajstić information content (AvgIpc) is 2.81. The van der Waals surface area contributed by atoms with E-state index < -0.39 is 0 Å². The van der Waals surface area contributed by atoms with Crippen molar-refractivity contribution in [1.82, 2.24) is 4.98 Å². The Morgan fingerprint density at radius 3 is 2.03 bits per heavy atom. The molecule has 5 rings (SSSR count). The number of benzene rings is 4. The fourth-order valence-corrected chi connectivity index (χ4v) is 3.96. The third kappa shape index (κ3) is 3.72. The van der Waals surface area contributed by atoms with Crippen molar-refractivity contribution in [3.63, 3.8) is 0 Å². The molecule has 1 aromatic heterocycles. The van der Waals surface area contributed by atoms with E-state index in [2.05, 4.69) is 123 Å². The van der Waals surface area contributed by atoms with Crippen molar-refractivity contribution in [2.45, 2.75) is 0 Å². The van der Waals surface area contributed by atoms with Crippen molar-refractivity contribution in [2.24, 2.45) is 0 Å². The van der Waals surface area contributed by atoms with Crippen LogP contribution in [0.5, 0.6) is 0 Å². The van der Waals surface area contributed by atoms with E-state index in [-0.39, 0.29) is 0 Å². The van der Waals surface area contributed by atoms with Gasteiger partial charge >= 0.3 is 0 Å². The summed E-state index contributed by atoms with van der Waals surface area (Å²) in [6, 6.07) is 35.9. The van der Waals surface area contributed by atoms with Gasteiger partial charge in [-0.05, 0) is 58.8 Å². The summed E-state index contributed by atoms with van der Waals surface area (Å²) in [5, 5.41) is 2.44. The lowest BCUT2D eigenvalue weighted by Gasteiger charge is -2.26. The first-order chi connectivity index (χ1) is 14.8. The predicted octanol–water partition coefficient (Wildman–Crippen LogP) is 8.13. The number of anilines is 3. The highest BCUT2D eigenvalue weighted by atomic mass is 79.9. The summed E-state index contributed by atoms with van der Waals surface area (Å²) >= 11 is 3.55. The zero-order valence-electron chi connectivity index (χ0n) is 16.2.